The Morgan fingerprint density at radius 1 is 1.06 bits per heavy atom. The van der Waals surface area contributed by atoms with Crippen molar-refractivity contribution in [3.8, 4) is 0 Å². The highest BCUT2D eigenvalue weighted by Crippen LogP contribution is 2.38. The molecule has 3 aromatic carbocycles. The Balaban J connectivity index is 1.34. The van der Waals surface area contributed by atoms with Gasteiger partial charge < -0.3 is 15.5 Å². The summed E-state index contributed by atoms with van der Waals surface area (Å²) < 4.78 is 16.4. The lowest BCUT2D eigenvalue weighted by atomic mass is 10.1. The van der Waals surface area contributed by atoms with Gasteiger partial charge in [-0.25, -0.2) is 14.4 Å². The van der Waals surface area contributed by atoms with Gasteiger partial charge in [-0.1, -0.05) is 24.3 Å². The number of nitrogens with one attached hydrogen (secondary N) is 1. The van der Waals surface area contributed by atoms with Crippen LogP contribution in [0, 0.1) is 5.82 Å². The first-order valence-corrected chi connectivity index (χ1v) is 11.8. The molecule has 3 heterocycles. The van der Waals surface area contributed by atoms with E-state index in [4.69, 9.17) is 0 Å². The number of aromatic nitrogens is 4. The number of aliphatic hydroxyl groups is 2. The molecule has 0 unspecified atom stereocenters. The molecule has 0 aliphatic heterocycles. The molecule has 0 bridgehead atoms. The van der Waals surface area contributed by atoms with Gasteiger partial charge >= 0.3 is 0 Å². The molecule has 7 nitrogen and oxygen atoms in total. The zero-order valence-corrected chi connectivity index (χ0v) is 19.2. The first-order chi connectivity index (χ1) is 17.1. The molecule has 0 amide bonds. The molecule has 35 heavy (non-hydrogen) atoms. The van der Waals surface area contributed by atoms with Gasteiger partial charge in [0.2, 0.25) is 0 Å². The number of hydrogen-bond acceptors (Lipinski definition) is 7. The van der Waals surface area contributed by atoms with Crippen LogP contribution in [0.5, 0.6) is 0 Å². The summed E-state index contributed by atoms with van der Waals surface area (Å²) in [4.78, 5) is 9.75. The van der Waals surface area contributed by atoms with Crippen LogP contribution in [0.1, 0.15) is 17.2 Å². The van der Waals surface area contributed by atoms with Crippen molar-refractivity contribution in [3.63, 3.8) is 0 Å². The van der Waals surface area contributed by atoms with Gasteiger partial charge in [-0.3, -0.25) is 4.68 Å². The van der Waals surface area contributed by atoms with E-state index in [1.807, 2.05) is 47.1 Å². The van der Waals surface area contributed by atoms with Crippen LogP contribution in [0.3, 0.4) is 0 Å². The first-order valence-electron chi connectivity index (χ1n) is 11.0. The van der Waals surface area contributed by atoms with Gasteiger partial charge in [0.25, 0.3) is 0 Å². The lowest BCUT2D eigenvalue weighted by Gasteiger charge is -2.09. The van der Waals surface area contributed by atoms with Crippen LogP contribution in [0.25, 0.3) is 31.2 Å². The number of nitrogens with zero attached hydrogens (tertiary/aromatic N) is 4. The minimum absolute atomic E-state index is 0.261. The maximum Gasteiger partial charge on any atom is 0.143 e. The number of fused-ring (bicyclic) bond motifs is 4. The fourth-order valence-corrected chi connectivity index (χ4v) is 5.36. The molecule has 0 saturated carbocycles. The third-order valence-electron chi connectivity index (χ3n) is 5.98. The standard InChI is InChI=1S/C26H20FN5O2S/c27-18-3-1-2-15(8-18)12-32-21-7-5-19(9-17(21)11-30-32)31-25-24-20-6-4-16(22(34)13-33)10-23(20)35-26(24)29-14-28-25/h1-11,14,22,33-34H,12-13H2,(H,28,29,31)/t22-/m1/s1. The summed E-state index contributed by atoms with van der Waals surface area (Å²) in [5.41, 5.74) is 3.31. The van der Waals surface area contributed by atoms with E-state index >= 15 is 0 Å². The lowest BCUT2D eigenvalue weighted by molar-refractivity contribution is 0.0957. The Labute approximate surface area is 203 Å². The van der Waals surface area contributed by atoms with E-state index in [0.717, 1.165) is 42.5 Å². The third kappa shape index (κ3) is 3.99. The zero-order chi connectivity index (χ0) is 23.9. The number of aliphatic hydroxyl groups excluding tert-OH is 2. The number of thiophene rings is 1. The second-order valence-corrected chi connectivity index (χ2v) is 9.32. The van der Waals surface area contributed by atoms with Crippen molar-refractivity contribution in [2.75, 3.05) is 11.9 Å². The normalized spacial score (nSPS) is 12.5. The molecule has 0 aliphatic rings. The largest absolute Gasteiger partial charge is 0.393 e. The highest BCUT2D eigenvalue weighted by atomic mass is 32.1. The molecule has 6 aromatic rings. The van der Waals surface area contributed by atoms with Gasteiger partial charge in [0.1, 0.15) is 28.9 Å². The molecule has 9 heteroatoms. The third-order valence-corrected chi connectivity index (χ3v) is 7.04. The average Bonchev–Trinajstić information content (AvgIpc) is 3.44. The first kappa shape index (κ1) is 21.6. The summed E-state index contributed by atoms with van der Waals surface area (Å²) in [5.74, 6) is 0.423. The molecule has 0 radical (unpaired) electrons. The minimum Gasteiger partial charge on any atom is -0.393 e. The molecule has 174 valence electrons. The number of hydrogen-bond donors (Lipinski definition) is 3. The van der Waals surface area contributed by atoms with Crippen molar-refractivity contribution in [2.45, 2.75) is 12.6 Å². The van der Waals surface area contributed by atoms with Crippen LogP contribution < -0.4 is 5.32 Å². The molecule has 3 N–H and O–H groups in total. The Morgan fingerprint density at radius 2 is 1.97 bits per heavy atom. The van der Waals surface area contributed by atoms with Crippen LogP contribution >= 0.6 is 11.3 Å². The molecule has 0 aliphatic carbocycles. The molecule has 1 atom stereocenters. The van der Waals surface area contributed by atoms with Crippen molar-refractivity contribution < 1.29 is 14.6 Å². The van der Waals surface area contributed by atoms with Gasteiger partial charge in [-0.05, 0) is 47.5 Å². The lowest BCUT2D eigenvalue weighted by Crippen LogP contribution is -2.01. The Kier molecular flexibility index (Phi) is 5.37. The Bertz CT molecular complexity index is 1700. The van der Waals surface area contributed by atoms with Gasteiger partial charge in [-0.2, -0.15) is 5.10 Å². The van der Waals surface area contributed by atoms with Gasteiger partial charge in [0.05, 0.1) is 30.3 Å². The Hall–Kier alpha value is -3.92. The van der Waals surface area contributed by atoms with Crippen molar-refractivity contribution in [1.82, 2.24) is 19.7 Å². The molecular weight excluding hydrogens is 465 g/mol. The molecule has 3 aromatic heterocycles. The Morgan fingerprint density at radius 3 is 2.83 bits per heavy atom. The maximum absolute atomic E-state index is 13.6. The number of benzene rings is 3. The van der Waals surface area contributed by atoms with E-state index in [1.54, 1.807) is 12.3 Å². The molecule has 0 fully saturated rings. The predicted molar refractivity (Wildman–Crippen MR) is 135 cm³/mol. The zero-order valence-electron chi connectivity index (χ0n) is 18.4. The van der Waals surface area contributed by atoms with Crippen LogP contribution in [-0.2, 0) is 6.54 Å². The van der Waals surface area contributed by atoms with E-state index in [9.17, 15) is 14.6 Å². The van der Waals surface area contributed by atoms with Gasteiger partial charge in [0.15, 0.2) is 0 Å². The van der Waals surface area contributed by atoms with Crippen molar-refractivity contribution in [1.29, 1.82) is 0 Å². The second kappa shape index (κ2) is 8.70. The highest BCUT2D eigenvalue weighted by molar-refractivity contribution is 7.25. The topological polar surface area (TPSA) is 96.1 Å². The van der Waals surface area contributed by atoms with E-state index in [2.05, 4.69) is 20.4 Å². The SMILES string of the molecule is OC[C@@H](O)c1ccc2c(c1)sc1ncnc(Nc3ccc4c(cnn4Cc4cccc(F)c4)c3)c12. The van der Waals surface area contributed by atoms with Gasteiger partial charge in [0, 0.05) is 21.2 Å². The average molecular weight is 486 g/mol. The van der Waals surface area contributed by atoms with E-state index < -0.39 is 6.10 Å². The summed E-state index contributed by atoms with van der Waals surface area (Å²) in [6, 6.07) is 18.1. The van der Waals surface area contributed by atoms with E-state index in [-0.39, 0.29) is 12.4 Å². The molecule has 0 spiro atoms. The maximum atomic E-state index is 13.6. The number of anilines is 2. The van der Waals surface area contributed by atoms with Crippen molar-refractivity contribution in [3.05, 3.63) is 90.1 Å². The fraction of sp³-hybridized carbons (Fsp3) is 0.115. The number of rotatable bonds is 6. The highest BCUT2D eigenvalue weighted by Gasteiger charge is 2.15. The number of halogens is 1. The van der Waals surface area contributed by atoms with Crippen LogP contribution in [0.4, 0.5) is 15.9 Å². The van der Waals surface area contributed by atoms with Crippen LogP contribution in [0.2, 0.25) is 0 Å². The summed E-state index contributed by atoms with van der Waals surface area (Å²) >= 11 is 1.51. The van der Waals surface area contributed by atoms with E-state index in [0.29, 0.717) is 17.9 Å². The second-order valence-electron chi connectivity index (χ2n) is 8.29. The minimum atomic E-state index is -0.915. The van der Waals surface area contributed by atoms with Crippen molar-refractivity contribution in [2.24, 2.45) is 0 Å². The molecule has 0 saturated heterocycles. The van der Waals surface area contributed by atoms with Crippen LogP contribution in [-0.4, -0.2) is 36.6 Å². The predicted octanol–water partition coefficient (Wildman–Crippen LogP) is 5.15. The molecular formula is C26H20FN5O2S. The molecule has 6 rings (SSSR count). The van der Waals surface area contributed by atoms with E-state index in [1.165, 1.54) is 29.8 Å². The summed E-state index contributed by atoms with van der Waals surface area (Å²) in [6.07, 6.45) is 2.41. The summed E-state index contributed by atoms with van der Waals surface area (Å²) in [7, 11) is 0. The smallest absolute Gasteiger partial charge is 0.143 e. The summed E-state index contributed by atoms with van der Waals surface area (Å²) in [5, 5.41) is 30.0. The quantitative estimate of drug-likeness (QED) is 0.302. The monoisotopic (exact) mass is 485 g/mol. The van der Waals surface area contributed by atoms with Crippen LogP contribution in [0.15, 0.2) is 73.2 Å². The van der Waals surface area contributed by atoms with Gasteiger partial charge in [-0.15, -0.1) is 11.3 Å². The fourth-order valence-electron chi connectivity index (χ4n) is 4.27. The summed E-state index contributed by atoms with van der Waals surface area (Å²) in [6.45, 7) is 0.152. The van der Waals surface area contributed by atoms with Crippen molar-refractivity contribution >= 4 is 54.0 Å².